The van der Waals surface area contributed by atoms with Gasteiger partial charge in [-0.2, -0.15) is 4.31 Å². The maximum absolute atomic E-state index is 13.2. The summed E-state index contributed by atoms with van der Waals surface area (Å²) < 4.78 is 28.1. The number of amides is 1. The molecule has 6 nitrogen and oxygen atoms in total. The van der Waals surface area contributed by atoms with Crippen molar-refractivity contribution in [3.63, 3.8) is 0 Å². The summed E-state index contributed by atoms with van der Waals surface area (Å²) in [7, 11) is 0.578. The van der Waals surface area contributed by atoms with E-state index in [2.05, 4.69) is 11.9 Å². The molecule has 0 atom stereocenters. The van der Waals surface area contributed by atoms with Crippen LogP contribution in [-0.4, -0.2) is 74.7 Å². The summed E-state index contributed by atoms with van der Waals surface area (Å²) in [6.07, 6.45) is 12.1. The van der Waals surface area contributed by atoms with Crippen molar-refractivity contribution in [2.45, 2.75) is 81.6 Å². The number of fused-ring (bicyclic) bond motifs is 1. The van der Waals surface area contributed by atoms with Crippen LogP contribution in [0, 0.1) is 5.92 Å². The average Bonchev–Trinajstić information content (AvgIpc) is 2.86. The second kappa shape index (κ2) is 10.9. The molecule has 2 fully saturated rings. The molecule has 1 heterocycles. The molecule has 4 rings (SSSR count). The fraction of sp³-hybridized carbons (Fsp3) is 0.731. The summed E-state index contributed by atoms with van der Waals surface area (Å²) in [5, 5.41) is 0. The van der Waals surface area contributed by atoms with Crippen LogP contribution in [-0.2, 0) is 27.7 Å². The first-order chi connectivity index (χ1) is 15.9. The maximum Gasteiger partial charge on any atom is 0.243 e. The lowest BCUT2D eigenvalue weighted by atomic mass is 9.92. The minimum Gasteiger partial charge on any atom is -0.344 e. The van der Waals surface area contributed by atoms with Gasteiger partial charge in [0, 0.05) is 45.2 Å². The zero-order valence-electron chi connectivity index (χ0n) is 20.5. The van der Waals surface area contributed by atoms with E-state index in [1.807, 2.05) is 24.1 Å². The number of aryl methyl sites for hydroxylation is 2. The number of carbonyl (C=O) groups is 1. The molecule has 3 aliphatic rings. The van der Waals surface area contributed by atoms with Gasteiger partial charge in [-0.05, 0) is 81.7 Å². The lowest BCUT2D eigenvalue weighted by Gasteiger charge is -2.34. The number of nitrogens with zero attached hydrogens (tertiary/aromatic N) is 3. The van der Waals surface area contributed by atoms with Crippen molar-refractivity contribution in [2.24, 2.45) is 5.92 Å². The molecule has 0 unspecified atom stereocenters. The molecule has 184 valence electrons. The molecular formula is C26H41N3O3S. The van der Waals surface area contributed by atoms with Crippen LogP contribution in [0.25, 0.3) is 0 Å². The molecule has 1 aromatic rings. The molecule has 1 amide bonds. The molecule has 1 saturated carbocycles. The fourth-order valence-electron chi connectivity index (χ4n) is 5.80. The van der Waals surface area contributed by atoms with E-state index in [9.17, 15) is 13.2 Å². The third kappa shape index (κ3) is 5.80. The van der Waals surface area contributed by atoms with Gasteiger partial charge in [-0.15, -0.1) is 0 Å². The third-order valence-electron chi connectivity index (χ3n) is 8.12. The van der Waals surface area contributed by atoms with Gasteiger partial charge in [0.15, 0.2) is 0 Å². The number of likely N-dealkylation sites (N-methyl/N-ethyl adjacent to an activating group) is 2. The average molecular weight is 476 g/mol. The topological polar surface area (TPSA) is 60.9 Å². The Morgan fingerprint density at radius 2 is 1.58 bits per heavy atom. The Balaban J connectivity index is 1.28. The van der Waals surface area contributed by atoms with Gasteiger partial charge in [0.25, 0.3) is 0 Å². The summed E-state index contributed by atoms with van der Waals surface area (Å²) in [6.45, 7) is 2.48. The van der Waals surface area contributed by atoms with Crippen molar-refractivity contribution < 1.29 is 13.2 Å². The lowest BCUT2D eigenvalue weighted by molar-refractivity contribution is -0.135. The molecule has 0 radical (unpaired) electrons. The second-order valence-corrected chi connectivity index (χ2v) is 12.3. The Hall–Kier alpha value is -1.44. The van der Waals surface area contributed by atoms with Crippen molar-refractivity contribution in [1.29, 1.82) is 0 Å². The number of carbonyl (C=O) groups excluding carboxylic acids is 1. The zero-order valence-corrected chi connectivity index (χ0v) is 21.3. The third-order valence-corrected chi connectivity index (χ3v) is 10.0. The summed E-state index contributed by atoms with van der Waals surface area (Å²) in [5.74, 6) is 0.0860. The summed E-state index contributed by atoms with van der Waals surface area (Å²) in [6, 6.07) is 6.31. The molecule has 7 heteroatoms. The number of sulfonamides is 1. The number of benzene rings is 1. The van der Waals surface area contributed by atoms with Crippen LogP contribution in [0.15, 0.2) is 23.1 Å². The summed E-state index contributed by atoms with van der Waals surface area (Å²) in [5.41, 5.74) is 2.48. The van der Waals surface area contributed by atoms with E-state index in [1.54, 1.807) is 10.4 Å². The Labute approximate surface area is 200 Å². The van der Waals surface area contributed by atoms with Gasteiger partial charge in [-0.1, -0.05) is 25.3 Å². The lowest BCUT2D eigenvalue weighted by Crippen LogP contribution is -2.45. The van der Waals surface area contributed by atoms with Crippen molar-refractivity contribution in [2.75, 3.05) is 40.3 Å². The molecule has 0 N–H and O–H groups in total. The highest BCUT2D eigenvalue weighted by Crippen LogP contribution is 2.29. The molecule has 1 saturated heterocycles. The van der Waals surface area contributed by atoms with E-state index in [1.165, 1.54) is 49.7 Å². The number of hydrogen-bond acceptors (Lipinski definition) is 4. The highest BCUT2D eigenvalue weighted by atomic mass is 32.2. The first-order valence-corrected chi connectivity index (χ1v) is 14.4. The Bertz CT molecular complexity index is 919. The summed E-state index contributed by atoms with van der Waals surface area (Å²) in [4.78, 5) is 17.7. The van der Waals surface area contributed by atoms with Crippen molar-refractivity contribution >= 4 is 15.9 Å². The second-order valence-electron chi connectivity index (χ2n) is 10.3. The van der Waals surface area contributed by atoms with E-state index in [4.69, 9.17) is 0 Å². The van der Waals surface area contributed by atoms with Crippen LogP contribution in [0.4, 0.5) is 0 Å². The van der Waals surface area contributed by atoms with Gasteiger partial charge in [0.05, 0.1) is 4.90 Å². The minimum atomic E-state index is -3.50. The van der Waals surface area contributed by atoms with Crippen LogP contribution in [0.5, 0.6) is 0 Å². The first kappa shape index (κ1) is 24.7. The zero-order chi connectivity index (χ0) is 23.4. The first-order valence-electron chi connectivity index (χ1n) is 12.9. The van der Waals surface area contributed by atoms with Crippen LogP contribution in [0.3, 0.4) is 0 Å². The highest BCUT2D eigenvalue weighted by Gasteiger charge is 2.33. The smallest absolute Gasteiger partial charge is 0.243 e. The van der Waals surface area contributed by atoms with Gasteiger partial charge in [-0.25, -0.2) is 8.42 Å². The van der Waals surface area contributed by atoms with E-state index < -0.39 is 10.0 Å². The van der Waals surface area contributed by atoms with Crippen molar-refractivity contribution in [3.8, 4) is 0 Å². The van der Waals surface area contributed by atoms with E-state index in [-0.39, 0.29) is 11.8 Å². The molecule has 2 aliphatic carbocycles. The minimum absolute atomic E-state index is 0.0787. The van der Waals surface area contributed by atoms with Crippen molar-refractivity contribution in [3.05, 3.63) is 29.3 Å². The number of rotatable bonds is 7. The maximum atomic E-state index is 13.2. The van der Waals surface area contributed by atoms with E-state index in [0.29, 0.717) is 36.9 Å². The monoisotopic (exact) mass is 475 g/mol. The van der Waals surface area contributed by atoms with Gasteiger partial charge in [0.2, 0.25) is 15.9 Å². The predicted molar refractivity (Wildman–Crippen MR) is 132 cm³/mol. The predicted octanol–water partition coefficient (Wildman–Crippen LogP) is 3.69. The van der Waals surface area contributed by atoms with Crippen LogP contribution in [0.2, 0.25) is 0 Å². The Morgan fingerprint density at radius 1 is 0.909 bits per heavy atom. The highest BCUT2D eigenvalue weighted by molar-refractivity contribution is 7.89. The molecule has 0 bridgehead atoms. The van der Waals surface area contributed by atoms with E-state index >= 15 is 0 Å². The SMILES string of the molecule is CN(CCN(C)C1CCCCC1)C(=O)C1CCN(S(=O)(=O)c2ccc3c(c2)CCCC3)CC1. The number of piperidine rings is 1. The van der Waals surface area contributed by atoms with Crippen LogP contribution in [0.1, 0.15) is 68.9 Å². The van der Waals surface area contributed by atoms with Gasteiger partial charge in [0.1, 0.15) is 0 Å². The molecule has 33 heavy (non-hydrogen) atoms. The molecule has 0 spiro atoms. The van der Waals surface area contributed by atoms with Crippen LogP contribution >= 0.6 is 0 Å². The van der Waals surface area contributed by atoms with E-state index in [0.717, 1.165) is 32.4 Å². The molecule has 1 aromatic carbocycles. The standard InChI is InChI=1S/C26H41N3O3S/c1-27(24-10-4-3-5-11-24)18-19-28(2)26(30)22-14-16-29(17-15-22)33(31,32)25-13-12-21-8-6-7-9-23(21)20-25/h12-13,20,22,24H,3-11,14-19H2,1-2H3. The molecular weight excluding hydrogens is 434 g/mol. The summed E-state index contributed by atoms with van der Waals surface area (Å²) >= 11 is 0. The largest absolute Gasteiger partial charge is 0.344 e. The number of hydrogen-bond donors (Lipinski definition) is 0. The Kier molecular flexibility index (Phi) is 8.13. The molecule has 1 aliphatic heterocycles. The Morgan fingerprint density at radius 3 is 2.27 bits per heavy atom. The van der Waals surface area contributed by atoms with Gasteiger partial charge in [-0.3, -0.25) is 4.79 Å². The van der Waals surface area contributed by atoms with Crippen LogP contribution < -0.4 is 0 Å². The molecule has 0 aromatic heterocycles. The van der Waals surface area contributed by atoms with Gasteiger partial charge < -0.3 is 9.80 Å². The van der Waals surface area contributed by atoms with Gasteiger partial charge >= 0.3 is 0 Å². The van der Waals surface area contributed by atoms with Crippen molar-refractivity contribution in [1.82, 2.24) is 14.1 Å². The fourth-order valence-corrected chi connectivity index (χ4v) is 7.32. The quantitative estimate of drug-likeness (QED) is 0.604. The normalized spacial score (nSPS) is 21.2.